The zero-order chi connectivity index (χ0) is 28.1. The lowest BCUT2D eigenvalue weighted by molar-refractivity contribution is -0.386. The molecule has 5 aromatic rings. The Hall–Kier alpha value is -5.38. The Kier molecular flexibility index (Phi) is 7.58. The minimum absolute atomic E-state index is 0.0850. The Bertz CT molecular complexity index is 1790. The zero-order valence-electron chi connectivity index (χ0n) is 21.4. The number of halogens is 1. The molecule has 0 aliphatic rings. The third-order valence-electron chi connectivity index (χ3n) is 5.99. The maximum absolute atomic E-state index is 14.1. The van der Waals surface area contributed by atoms with Gasteiger partial charge < -0.3 is 9.47 Å². The smallest absolute Gasteiger partial charge is 0.315 e. The molecule has 0 aliphatic heterocycles. The van der Waals surface area contributed by atoms with Gasteiger partial charge in [0, 0.05) is 22.8 Å². The van der Waals surface area contributed by atoms with Gasteiger partial charge in [0.1, 0.15) is 12.4 Å². The fourth-order valence-electron chi connectivity index (χ4n) is 4.12. The van der Waals surface area contributed by atoms with Crippen molar-refractivity contribution in [3.8, 4) is 22.9 Å². The third kappa shape index (κ3) is 5.41. The first-order chi connectivity index (χ1) is 19.5. The summed E-state index contributed by atoms with van der Waals surface area (Å²) in [5.74, 6) is -0.232. The minimum Gasteiger partial charge on any atom is -0.490 e. The number of hydrogen-bond acceptors (Lipinski definition) is 7. The van der Waals surface area contributed by atoms with Gasteiger partial charge in [0.15, 0.2) is 11.6 Å². The highest BCUT2D eigenvalue weighted by Gasteiger charge is 2.23. The number of nitro groups is 1. The number of hydrogen-bond donors (Lipinski definition) is 0. The van der Waals surface area contributed by atoms with Crippen LogP contribution in [0.4, 0.5) is 10.1 Å². The summed E-state index contributed by atoms with van der Waals surface area (Å²) in [4.78, 5) is 29.5. The van der Waals surface area contributed by atoms with Crippen LogP contribution in [0.5, 0.6) is 11.5 Å². The van der Waals surface area contributed by atoms with E-state index in [9.17, 15) is 19.3 Å². The minimum atomic E-state index is -0.615. The summed E-state index contributed by atoms with van der Waals surface area (Å²) in [5.41, 5.74) is 0.916. The summed E-state index contributed by atoms with van der Waals surface area (Å²) in [6.07, 6.45) is 1.32. The summed E-state index contributed by atoms with van der Waals surface area (Å²) >= 11 is 0. The van der Waals surface area contributed by atoms with E-state index in [1.54, 1.807) is 43.3 Å². The molecular formula is C30H23FN4O5. The van der Waals surface area contributed by atoms with Gasteiger partial charge in [-0.25, -0.2) is 9.37 Å². The lowest BCUT2D eigenvalue weighted by atomic mass is 10.1. The third-order valence-corrected chi connectivity index (χ3v) is 5.99. The molecule has 4 aromatic carbocycles. The van der Waals surface area contributed by atoms with Gasteiger partial charge >= 0.3 is 5.69 Å². The molecule has 0 amide bonds. The van der Waals surface area contributed by atoms with Crippen LogP contribution < -0.4 is 15.0 Å². The van der Waals surface area contributed by atoms with Crippen LogP contribution >= 0.6 is 0 Å². The van der Waals surface area contributed by atoms with Crippen LogP contribution in [-0.4, -0.2) is 27.4 Å². The number of fused-ring (bicyclic) bond motifs is 1. The largest absolute Gasteiger partial charge is 0.490 e. The normalized spacial score (nSPS) is 11.2. The van der Waals surface area contributed by atoms with Crippen molar-refractivity contribution in [1.82, 2.24) is 9.66 Å². The molecule has 200 valence electrons. The van der Waals surface area contributed by atoms with E-state index in [4.69, 9.17) is 9.47 Å². The number of benzene rings is 4. The highest BCUT2D eigenvalue weighted by Crippen LogP contribution is 2.39. The second-order valence-electron chi connectivity index (χ2n) is 8.62. The van der Waals surface area contributed by atoms with E-state index in [0.717, 1.165) is 4.68 Å². The molecule has 0 unspecified atom stereocenters. The predicted molar refractivity (Wildman–Crippen MR) is 149 cm³/mol. The first-order valence-corrected chi connectivity index (χ1v) is 12.4. The molecule has 0 fully saturated rings. The molecule has 1 aromatic heterocycles. The summed E-state index contributed by atoms with van der Waals surface area (Å²) in [6.45, 7) is 1.68. The van der Waals surface area contributed by atoms with Gasteiger partial charge in [-0.1, -0.05) is 60.7 Å². The van der Waals surface area contributed by atoms with Crippen molar-refractivity contribution >= 4 is 22.8 Å². The first-order valence-electron chi connectivity index (χ1n) is 12.4. The van der Waals surface area contributed by atoms with Crippen LogP contribution in [0.2, 0.25) is 0 Å². The Balaban J connectivity index is 1.59. The van der Waals surface area contributed by atoms with E-state index in [1.165, 1.54) is 30.5 Å². The van der Waals surface area contributed by atoms with Crippen molar-refractivity contribution in [3.05, 3.63) is 128 Å². The predicted octanol–water partition coefficient (Wildman–Crippen LogP) is 5.97. The molecule has 0 spiro atoms. The first kappa shape index (κ1) is 26.2. The van der Waals surface area contributed by atoms with Gasteiger partial charge in [0.25, 0.3) is 5.56 Å². The highest BCUT2D eigenvalue weighted by molar-refractivity contribution is 5.84. The summed E-state index contributed by atoms with van der Waals surface area (Å²) < 4.78 is 26.6. The second-order valence-corrected chi connectivity index (χ2v) is 8.62. The Morgan fingerprint density at radius 1 is 1.00 bits per heavy atom. The molecule has 0 atom stereocenters. The Morgan fingerprint density at radius 2 is 1.73 bits per heavy atom. The SMILES string of the molecule is CCOc1cc(C=Nn2c(-c3ccccc3)nc3ccccc3c2=O)cc([N+](=O)[O-])c1OCc1ccccc1F. The van der Waals surface area contributed by atoms with Crippen LogP contribution in [0, 0.1) is 15.9 Å². The van der Waals surface area contributed by atoms with Gasteiger partial charge in [-0.15, -0.1) is 0 Å². The average molecular weight is 539 g/mol. The molecule has 0 bridgehead atoms. The Morgan fingerprint density at radius 3 is 2.48 bits per heavy atom. The van der Waals surface area contributed by atoms with Crippen molar-refractivity contribution in [1.29, 1.82) is 0 Å². The van der Waals surface area contributed by atoms with Gasteiger partial charge in [-0.2, -0.15) is 9.78 Å². The molecule has 0 saturated carbocycles. The van der Waals surface area contributed by atoms with E-state index in [1.807, 2.05) is 30.3 Å². The number of para-hydroxylation sites is 1. The van der Waals surface area contributed by atoms with Crippen molar-refractivity contribution in [2.75, 3.05) is 6.61 Å². The maximum Gasteiger partial charge on any atom is 0.315 e. The van der Waals surface area contributed by atoms with E-state index in [-0.39, 0.29) is 35.8 Å². The summed E-state index contributed by atoms with van der Waals surface area (Å²) in [5, 5.41) is 16.8. The molecule has 0 N–H and O–H groups in total. The molecular weight excluding hydrogens is 515 g/mol. The van der Waals surface area contributed by atoms with E-state index in [2.05, 4.69) is 10.1 Å². The summed E-state index contributed by atoms with van der Waals surface area (Å²) in [7, 11) is 0. The van der Waals surface area contributed by atoms with Crippen molar-refractivity contribution in [2.45, 2.75) is 13.5 Å². The number of nitro benzene ring substituents is 1. The average Bonchev–Trinajstić information content (AvgIpc) is 2.97. The molecule has 0 aliphatic carbocycles. The van der Waals surface area contributed by atoms with Gasteiger partial charge in [-0.3, -0.25) is 14.9 Å². The topological polar surface area (TPSA) is 109 Å². The number of nitrogens with zero attached hydrogens (tertiary/aromatic N) is 4. The van der Waals surface area contributed by atoms with Crippen LogP contribution in [0.1, 0.15) is 18.1 Å². The zero-order valence-corrected chi connectivity index (χ0v) is 21.4. The van der Waals surface area contributed by atoms with Crippen LogP contribution in [0.3, 0.4) is 0 Å². The molecule has 10 heteroatoms. The van der Waals surface area contributed by atoms with Crippen LogP contribution in [0.25, 0.3) is 22.3 Å². The van der Waals surface area contributed by atoms with Crippen LogP contribution in [0.15, 0.2) is 101 Å². The van der Waals surface area contributed by atoms with E-state index in [0.29, 0.717) is 22.3 Å². The van der Waals surface area contributed by atoms with E-state index < -0.39 is 22.0 Å². The fraction of sp³-hybridized carbons (Fsp3) is 0.100. The summed E-state index contributed by atoms with van der Waals surface area (Å²) in [6, 6.07) is 24.8. The monoisotopic (exact) mass is 538 g/mol. The van der Waals surface area contributed by atoms with Gasteiger partial charge in [0.2, 0.25) is 5.75 Å². The van der Waals surface area contributed by atoms with Crippen molar-refractivity contribution in [2.24, 2.45) is 5.10 Å². The van der Waals surface area contributed by atoms with Crippen molar-refractivity contribution in [3.63, 3.8) is 0 Å². The fourth-order valence-corrected chi connectivity index (χ4v) is 4.12. The van der Waals surface area contributed by atoms with Gasteiger partial charge in [0.05, 0.1) is 28.6 Å². The Labute approximate surface area is 227 Å². The van der Waals surface area contributed by atoms with Gasteiger partial charge in [-0.05, 0) is 31.2 Å². The quantitative estimate of drug-likeness (QED) is 0.130. The maximum atomic E-state index is 14.1. The van der Waals surface area contributed by atoms with Crippen LogP contribution in [-0.2, 0) is 6.61 Å². The molecule has 0 saturated heterocycles. The molecule has 0 radical (unpaired) electrons. The number of ether oxygens (including phenoxy) is 2. The molecule has 9 nitrogen and oxygen atoms in total. The number of aromatic nitrogens is 2. The molecule has 5 rings (SSSR count). The molecule has 1 heterocycles. The van der Waals surface area contributed by atoms with E-state index >= 15 is 0 Å². The standard InChI is InChI=1S/C30H23FN4O5/c1-2-39-27-17-20(16-26(35(37)38)28(27)40-19-22-12-6-8-14-24(22)31)18-32-34-29(21-10-4-3-5-11-21)33-25-15-9-7-13-23(25)30(34)36/h3-18H,2,19H2,1H3. The van der Waals surface area contributed by atoms with Crippen molar-refractivity contribution < 1.29 is 18.8 Å². The molecule has 40 heavy (non-hydrogen) atoms. The lowest BCUT2D eigenvalue weighted by Crippen LogP contribution is -2.20. The highest BCUT2D eigenvalue weighted by atomic mass is 19.1. The number of rotatable bonds is 9. The second kappa shape index (κ2) is 11.6. The lowest BCUT2D eigenvalue weighted by Gasteiger charge is -2.13.